The van der Waals surface area contributed by atoms with Gasteiger partial charge in [0.25, 0.3) is 0 Å². The number of unbranched alkanes of at least 4 members (excludes halogenated alkanes) is 1. The van der Waals surface area contributed by atoms with E-state index in [4.69, 9.17) is 9.72 Å². The van der Waals surface area contributed by atoms with Gasteiger partial charge in [0.2, 0.25) is 0 Å². The third-order valence-corrected chi connectivity index (χ3v) is 5.68. The molecule has 4 nitrogen and oxygen atoms in total. The number of piperidine rings is 1. The number of benzene rings is 1. The molecule has 28 heavy (non-hydrogen) atoms. The van der Waals surface area contributed by atoms with E-state index in [2.05, 4.69) is 61.8 Å². The van der Waals surface area contributed by atoms with Crippen molar-refractivity contribution in [1.29, 1.82) is 0 Å². The largest absolute Gasteiger partial charge is 0.493 e. The Labute approximate surface area is 170 Å². The second kappa shape index (κ2) is 10.1. The van der Waals surface area contributed by atoms with Crippen molar-refractivity contribution in [2.75, 3.05) is 31.1 Å². The first-order valence-electron chi connectivity index (χ1n) is 11.1. The van der Waals surface area contributed by atoms with Crippen LogP contribution in [0.15, 0.2) is 30.5 Å². The lowest BCUT2D eigenvalue weighted by Crippen LogP contribution is -2.37. The minimum atomic E-state index is 0.400. The van der Waals surface area contributed by atoms with E-state index in [0.29, 0.717) is 12.1 Å². The Morgan fingerprint density at radius 2 is 1.71 bits per heavy atom. The second-order valence-electron chi connectivity index (χ2n) is 8.54. The molecule has 1 aliphatic heterocycles. The van der Waals surface area contributed by atoms with Gasteiger partial charge in [0.1, 0.15) is 11.6 Å². The van der Waals surface area contributed by atoms with Crippen molar-refractivity contribution in [2.24, 2.45) is 0 Å². The van der Waals surface area contributed by atoms with E-state index >= 15 is 0 Å². The van der Waals surface area contributed by atoms with E-state index < -0.39 is 0 Å². The Bertz CT molecular complexity index is 730. The zero-order valence-electron chi connectivity index (χ0n) is 18.2. The van der Waals surface area contributed by atoms with E-state index in [9.17, 15) is 0 Å². The highest BCUT2D eigenvalue weighted by Gasteiger charge is 2.19. The number of hydrogen-bond donors (Lipinski definition) is 0. The van der Waals surface area contributed by atoms with Gasteiger partial charge < -0.3 is 14.5 Å². The monoisotopic (exact) mass is 383 g/mol. The summed E-state index contributed by atoms with van der Waals surface area (Å²) in [5.74, 6) is 2.03. The molecule has 0 radical (unpaired) electrons. The van der Waals surface area contributed by atoms with Crippen LogP contribution in [0.25, 0.3) is 10.8 Å². The average Bonchev–Trinajstić information content (AvgIpc) is 2.68. The molecule has 0 bridgehead atoms. The van der Waals surface area contributed by atoms with Crippen molar-refractivity contribution < 1.29 is 4.74 Å². The van der Waals surface area contributed by atoms with Crippen LogP contribution in [-0.4, -0.2) is 48.2 Å². The van der Waals surface area contributed by atoms with E-state index in [0.717, 1.165) is 30.0 Å². The molecule has 4 heteroatoms. The van der Waals surface area contributed by atoms with Crippen LogP contribution in [0.1, 0.15) is 59.8 Å². The van der Waals surface area contributed by atoms with Crippen LogP contribution in [0.2, 0.25) is 0 Å². The van der Waals surface area contributed by atoms with Crippen LogP contribution < -0.4 is 9.64 Å². The first-order chi connectivity index (χ1) is 13.6. The standard InChI is InChI=1S/C24H37N3O/c1-19(2)27(20(3)4)24-22-11-10-12-23(21(22)13-14-25-24)28-18-9-8-17-26-15-6-5-7-16-26/h10-14,19-20H,5-9,15-18H2,1-4H3. The molecule has 1 aliphatic rings. The minimum absolute atomic E-state index is 0.400. The summed E-state index contributed by atoms with van der Waals surface area (Å²) in [6, 6.07) is 9.23. The molecule has 0 unspecified atom stereocenters. The van der Waals surface area contributed by atoms with E-state index in [1.165, 1.54) is 50.7 Å². The number of aromatic nitrogens is 1. The topological polar surface area (TPSA) is 28.6 Å². The molecule has 0 N–H and O–H groups in total. The van der Waals surface area contributed by atoms with Gasteiger partial charge in [-0.25, -0.2) is 4.98 Å². The summed E-state index contributed by atoms with van der Waals surface area (Å²) in [6.45, 7) is 13.5. The van der Waals surface area contributed by atoms with Crippen LogP contribution in [-0.2, 0) is 0 Å². The lowest BCUT2D eigenvalue weighted by Gasteiger charge is -2.32. The van der Waals surface area contributed by atoms with E-state index in [1.54, 1.807) is 0 Å². The number of fused-ring (bicyclic) bond motifs is 1. The number of nitrogens with zero attached hydrogens (tertiary/aromatic N) is 3. The lowest BCUT2D eigenvalue weighted by atomic mass is 10.1. The van der Waals surface area contributed by atoms with Crippen LogP contribution in [0.3, 0.4) is 0 Å². The average molecular weight is 384 g/mol. The van der Waals surface area contributed by atoms with Gasteiger partial charge in [-0.2, -0.15) is 0 Å². The maximum atomic E-state index is 6.20. The van der Waals surface area contributed by atoms with Crippen molar-refractivity contribution in [2.45, 2.75) is 71.9 Å². The highest BCUT2D eigenvalue weighted by atomic mass is 16.5. The van der Waals surface area contributed by atoms with Gasteiger partial charge in [-0.15, -0.1) is 0 Å². The first-order valence-corrected chi connectivity index (χ1v) is 11.1. The van der Waals surface area contributed by atoms with Crippen molar-refractivity contribution in [1.82, 2.24) is 9.88 Å². The Hall–Kier alpha value is -1.81. The van der Waals surface area contributed by atoms with Gasteiger partial charge in [-0.3, -0.25) is 0 Å². The maximum Gasteiger partial charge on any atom is 0.137 e. The van der Waals surface area contributed by atoms with Crippen LogP contribution >= 0.6 is 0 Å². The van der Waals surface area contributed by atoms with Gasteiger partial charge in [0.05, 0.1) is 6.61 Å². The Balaban J connectivity index is 1.64. The Morgan fingerprint density at radius 3 is 2.43 bits per heavy atom. The molecule has 0 saturated carbocycles. The summed E-state index contributed by atoms with van der Waals surface area (Å²) in [5.41, 5.74) is 0. The zero-order chi connectivity index (χ0) is 19.9. The highest BCUT2D eigenvalue weighted by Crippen LogP contribution is 2.33. The van der Waals surface area contributed by atoms with Gasteiger partial charge in [-0.05, 0) is 85.1 Å². The molecule has 1 saturated heterocycles. The van der Waals surface area contributed by atoms with Crippen LogP contribution in [0, 0.1) is 0 Å². The van der Waals surface area contributed by atoms with E-state index in [-0.39, 0.29) is 0 Å². The summed E-state index contributed by atoms with van der Waals surface area (Å²) < 4.78 is 6.20. The van der Waals surface area contributed by atoms with Crippen LogP contribution in [0.5, 0.6) is 5.75 Å². The SMILES string of the molecule is CC(C)N(c1nccc2c(OCCCCN3CCCCC3)cccc12)C(C)C. The third-order valence-electron chi connectivity index (χ3n) is 5.68. The molecule has 154 valence electrons. The minimum Gasteiger partial charge on any atom is -0.493 e. The number of rotatable bonds is 9. The van der Waals surface area contributed by atoms with Crippen LogP contribution in [0.4, 0.5) is 5.82 Å². The molecule has 1 aromatic carbocycles. The predicted molar refractivity (Wildman–Crippen MR) is 120 cm³/mol. The molecule has 3 rings (SSSR count). The van der Waals surface area contributed by atoms with E-state index in [1.807, 2.05) is 6.20 Å². The summed E-state index contributed by atoms with van der Waals surface area (Å²) in [7, 11) is 0. The molecular weight excluding hydrogens is 346 g/mol. The molecule has 0 spiro atoms. The second-order valence-corrected chi connectivity index (χ2v) is 8.54. The molecule has 0 aliphatic carbocycles. The van der Waals surface area contributed by atoms with Gasteiger partial charge >= 0.3 is 0 Å². The van der Waals surface area contributed by atoms with Crippen molar-refractivity contribution in [3.63, 3.8) is 0 Å². The summed E-state index contributed by atoms with van der Waals surface area (Å²) in [4.78, 5) is 9.70. The normalized spacial score (nSPS) is 15.5. The summed E-state index contributed by atoms with van der Waals surface area (Å²) >= 11 is 0. The Kier molecular flexibility index (Phi) is 7.55. The van der Waals surface area contributed by atoms with Crippen molar-refractivity contribution >= 4 is 16.6 Å². The number of hydrogen-bond acceptors (Lipinski definition) is 4. The fourth-order valence-corrected chi connectivity index (χ4v) is 4.38. The fourth-order valence-electron chi connectivity index (χ4n) is 4.38. The molecular formula is C24H37N3O. The lowest BCUT2D eigenvalue weighted by molar-refractivity contribution is 0.216. The number of ether oxygens (including phenoxy) is 1. The van der Waals surface area contributed by atoms with Gasteiger partial charge in [0.15, 0.2) is 0 Å². The molecule has 2 heterocycles. The van der Waals surface area contributed by atoms with Crippen molar-refractivity contribution in [3.8, 4) is 5.75 Å². The highest BCUT2D eigenvalue weighted by molar-refractivity contribution is 5.96. The third kappa shape index (κ3) is 5.16. The molecule has 0 atom stereocenters. The number of pyridine rings is 1. The summed E-state index contributed by atoms with van der Waals surface area (Å²) in [5, 5.41) is 2.34. The molecule has 0 amide bonds. The summed E-state index contributed by atoms with van der Waals surface area (Å²) in [6.07, 6.45) is 8.38. The van der Waals surface area contributed by atoms with Gasteiger partial charge in [-0.1, -0.05) is 18.6 Å². The van der Waals surface area contributed by atoms with Crippen molar-refractivity contribution in [3.05, 3.63) is 30.5 Å². The number of likely N-dealkylation sites (tertiary alicyclic amines) is 1. The molecule has 2 aromatic rings. The Morgan fingerprint density at radius 1 is 0.964 bits per heavy atom. The maximum absolute atomic E-state index is 6.20. The molecule has 1 fully saturated rings. The quantitative estimate of drug-likeness (QED) is 0.534. The zero-order valence-corrected chi connectivity index (χ0v) is 18.2. The predicted octanol–water partition coefficient (Wildman–Crippen LogP) is 5.50. The smallest absolute Gasteiger partial charge is 0.137 e. The first kappa shape index (κ1) is 20.9. The number of anilines is 1. The van der Waals surface area contributed by atoms with Gasteiger partial charge in [0, 0.05) is 29.1 Å². The fraction of sp³-hybridized carbons (Fsp3) is 0.625. The molecule has 1 aromatic heterocycles.